The van der Waals surface area contributed by atoms with Crippen molar-refractivity contribution in [2.75, 3.05) is 13.6 Å². The van der Waals surface area contributed by atoms with Crippen LogP contribution in [0.25, 0.3) is 0 Å². The van der Waals surface area contributed by atoms with Gasteiger partial charge in [0.25, 0.3) is 5.91 Å². The molecular weight excluding hydrogens is 309 g/mol. The monoisotopic (exact) mass is 329 g/mol. The molecule has 0 bridgehead atoms. The van der Waals surface area contributed by atoms with Crippen LogP contribution in [0.5, 0.6) is 0 Å². The first-order chi connectivity index (χ1) is 11.6. The number of carbonyl (C=O) groups excluding carboxylic acids is 2. The van der Waals surface area contributed by atoms with Gasteiger partial charge in [-0.15, -0.1) is 0 Å². The number of amides is 3. The van der Waals surface area contributed by atoms with E-state index in [0.29, 0.717) is 25.1 Å². The Labute approximate surface area is 140 Å². The summed E-state index contributed by atoms with van der Waals surface area (Å²) in [6.07, 6.45) is 0.562. The van der Waals surface area contributed by atoms with Crippen LogP contribution in [0.1, 0.15) is 21.5 Å². The Bertz CT molecular complexity index is 702. The Morgan fingerprint density at radius 3 is 2.42 bits per heavy atom. The van der Waals surface area contributed by atoms with Gasteiger partial charge in [-0.3, -0.25) is 4.79 Å². The number of nitrogens with one attached hydrogen (secondary N) is 3. The lowest BCUT2D eigenvalue weighted by Crippen LogP contribution is -2.36. The normalized spacial score (nSPS) is 10.1. The molecule has 0 aliphatic heterocycles. The molecule has 2 rings (SSSR count). The number of hydrogen-bond donors (Lipinski definition) is 3. The molecule has 0 fully saturated rings. The molecule has 0 atom stereocenters. The third-order valence-electron chi connectivity index (χ3n) is 3.48. The zero-order valence-corrected chi connectivity index (χ0v) is 13.4. The summed E-state index contributed by atoms with van der Waals surface area (Å²) in [7, 11) is 1.58. The Balaban J connectivity index is 1.72. The average Bonchev–Trinajstić information content (AvgIpc) is 2.60. The molecular formula is C18H20FN3O2. The van der Waals surface area contributed by atoms with Crippen LogP contribution in [0.15, 0.2) is 48.5 Å². The summed E-state index contributed by atoms with van der Waals surface area (Å²) >= 11 is 0. The zero-order valence-electron chi connectivity index (χ0n) is 13.4. The highest BCUT2D eigenvalue weighted by atomic mass is 19.1. The van der Waals surface area contributed by atoms with Crippen molar-refractivity contribution in [2.24, 2.45) is 0 Å². The third-order valence-corrected chi connectivity index (χ3v) is 3.48. The molecule has 0 unspecified atom stereocenters. The van der Waals surface area contributed by atoms with E-state index in [0.717, 1.165) is 11.1 Å². The smallest absolute Gasteiger partial charge is 0.315 e. The molecule has 0 aliphatic rings. The minimum Gasteiger partial charge on any atom is -0.355 e. The quantitative estimate of drug-likeness (QED) is 0.760. The van der Waals surface area contributed by atoms with Gasteiger partial charge in [0.1, 0.15) is 5.82 Å². The van der Waals surface area contributed by atoms with Crippen LogP contribution in [0.4, 0.5) is 9.18 Å². The summed E-state index contributed by atoms with van der Waals surface area (Å²) in [4.78, 5) is 23.2. The molecule has 2 aromatic carbocycles. The van der Waals surface area contributed by atoms with Gasteiger partial charge in [-0.2, -0.15) is 0 Å². The van der Waals surface area contributed by atoms with E-state index in [1.54, 1.807) is 37.4 Å². The van der Waals surface area contributed by atoms with E-state index in [1.807, 2.05) is 6.07 Å². The molecule has 0 heterocycles. The molecule has 0 aromatic heterocycles. The first-order valence-electron chi connectivity index (χ1n) is 7.65. The predicted molar refractivity (Wildman–Crippen MR) is 90.2 cm³/mol. The number of benzene rings is 2. The van der Waals surface area contributed by atoms with Gasteiger partial charge < -0.3 is 16.0 Å². The largest absolute Gasteiger partial charge is 0.355 e. The van der Waals surface area contributed by atoms with Crippen molar-refractivity contribution < 1.29 is 14.0 Å². The molecule has 2 aromatic rings. The summed E-state index contributed by atoms with van der Waals surface area (Å²) in [5.74, 6) is -0.429. The Hall–Kier alpha value is -2.89. The fraction of sp³-hybridized carbons (Fsp3) is 0.222. The van der Waals surface area contributed by atoms with E-state index >= 15 is 0 Å². The first-order valence-corrected chi connectivity index (χ1v) is 7.65. The van der Waals surface area contributed by atoms with E-state index < -0.39 is 0 Å². The summed E-state index contributed by atoms with van der Waals surface area (Å²) in [5.41, 5.74) is 2.30. The Morgan fingerprint density at radius 2 is 1.75 bits per heavy atom. The van der Waals surface area contributed by atoms with Gasteiger partial charge in [0, 0.05) is 25.7 Å². The maximum Gasteiger partial charge on any atom is 0.315 e. The first kappa shape index (κ1) is 17.5. The van der Waals surface area contributed by atoms with Crippen molar-refractivity contribution in [3.05, 3.63) is 71.0 Å². The standard InChI is InChI=1S/C18H20FN3O2/c1-20-17(23)15-7-5-14(6-8-15)12-22-18(24)21-10-9-13-3-2-4-16(19)11-13/h2-8,11H,9-10,12H2,1H3,(H,20,23)(H2,21,22,24). The molecule has 5 nitrogen and oxygen atoms in total. The van der Waals surface area contributed by atoms with Crippen LogP contribution >= 0.6 is 0 Å². The third kappa shape index (κ3) is 5.39. The summed E-state index contributed by atoms with van der Waals surface area (Å²) in [6, 6.07) is 13.0. The van der Waals surface area contributed by atoms with Crippen LogP contribution in [-0.4, -0.2) is 25.5 Å². The van der Waals surface area contributed by atoms with Crippen LogP contribution in [-0.2, 0) is 13.0 Å². The molecule has 6 heteroatoms. The molecule has 126 valence electrons. The van der Waals surface area contributed by atoms with E-state index in [-0.39, 0.29) is 17.8 Å². The second-order valence-electron chi connectivity index (χ2n) is 5.27. The zero-order chi connectivity index (χ0) is 17.4. The molecule has 0 aliphatic carbocycles. The highest BCUT2D eigenvalue weighted by Gasteiger charge is 2.04. The SMILES string of the molecule is CNC(=O)c1ccc(CNC(=O)NCCc2cccc(F)c2)cc1. The number of carbonyl (C=O) groups is 2. The molecule has 0 saturated carbocycles. The lowest BCUT2D eigenvalue weighted by molar-refractivity contribution is 0.0963. The Kier molecular flexibility index (Phi) is 6.31. The Morgan fingerprint density at radius 1 is 1.00 bits per heavy atom. The second-order valence-corrected chi connectivity index (χ2v) is 5.27. The van der Waals surface area contributed by atoms with E-state index in [9.17, 15) is 14.0 Å². The van der Waals surface area contributed by atoms with Crippen LogP contribution < -0.4 is 16.0 Å². The summed E-state index contributed by atoms with van der Waals surface area (Å²) in [6.45, 7) is 0.782. The fourth-order valence-electron chi connectivity index (χ4n) is 2.18. The topological polar surface area (TPSA) is 70.2 Å². The van der Waals surface area contributed by atoms with Gasteiger partial charge in [-0.05, 0) is 41.8 Å². The summed E-state index contributed by atoms with van der Waals surface area (Å²) < 4.78 is 13.0. The molecule has 0 radical (unpaired) electrons. The lowest BCUT2D eigenvalue weighted by Gasteiger charge is -2.08. The molecule has 0 saturated heterocycles. The minimum atomic E-state index is -0.290. The van der Waals surface area contributed by atoms with Crippen molar-refractivity contribution in [1.29, 1.82) is 0 Å². The van der Waals surface area contributed by atoms with Gasteiger partial charge >= 0.3 is 6.03 Å². The minimum absolute atomic E-state index is 0.149. The predicted octanol–water partition coefficient (Wildman–Crippen LogP) is 2.23. The lowest BCUT2D eigenvalue weighted by atomic mass is 10.1. The number of halogens is 1. The van der Waals surface area contributed by atoms with Crippen molar-refractivity contribution in [1.82, 2.24) is 16.0 Å². The van der Waals surface area contributed by atoms with Gasteiger partial charge in [0.2, 0.25) is 0 Å². The second kappa shape index (κ2) is 8.67. The van der Waals surface area contributed by atoms with E-state index in [4.69, 9.17) is 0 Å². The molecule has 24 heavy (non-hydrogen) atoms. The number of hydrogen-bond acceptors (Lipinski definition) is 2. The van der Waals surface area contributed by atoms with E-state index in [2.05, 4.69) is 16.0 Å². The van der Waals surface area contributed by atoms with Crippen LogP contribution in [0.3, 0.4) is 0 Å². The van der Waals surface area contributed by atoms with Crippen molar-refractivity contribution in [3.8, 4) is 0 Å². The van der Waals surface area contributed by atoms with Gasteiger partial charge in [-0.1, -0.05) is 24.3 Å². The van der Waals surface area contributed by atoms with Gasteiger partial charge in [-0.25, -0.2) is 9.18 Å². The molecule has 3 amide bonds. The molecule has 3 N–H and O–H groups in total. The van der Waals surface area contributed by atoms with Crippen LogP contribution in [0, 0.1) is 5.82 Å². The fourth-order valence-corrected chi connectivity index (χ4v) is 2.18. The number of rotatable bonds is 6. The maximum atomic E-state index is 13.0. The van der Waals surface area contributed by atoms with Gasteiger partial charge in [0.05, 0.1) is 0 Å². The average molecular weight is 329 g/mol. The van der Waals surface area contributed by atoms with Crippen molar-refractivity contribution in [2.45, 2.75) is 13.0 Å². The van der Waals surface area contributed by atoms with Crippen molar-refractivity contribution >= 4 is 11.9 Å². The summed E-state index contributed by atoms with van der Waals surface area (Å²) in [5, 5.41) is 8.01. The van der Waals surface area contributed by atoms with Crippen molar-refractivity contribution in [3.63, 3.8) is 0 Å². The molecule has 0 spiro atoms. The van der Waals surface area contributed by atoms with E-state index in [1.165, 1.54) is 12.1 Å². The maximum absolute atomic E-state index is 13.0. The van der Waals surface area contributed by atoms with Gasteiger partial charge in [0.15, 0.2) is 0 Å². The highest BCUT2D eigenvalue weighted by molar-refractivity contribution is 5.93. The highest BCUT2D eigenvalue weighted by Crippen LogP contribution is 2.05. The van der Waals surface area contributed by atoms with Crippen LogP contribution in [0.2, 0.25) is 0 Å². The number of urea groups is 1.